The molecule has 1 aromatic carbocycles. The van der Waals surface area contributed by atoms with Crippen molar-refractivity contribution in [2.45, 2.75) is 25.7 Å². The molecule has 0 spiro atoms. The van der Waals surface area contributed by atoms with Gasteiger partial charge in [0.25, 0.3) is 0 Å². The minimum absolute atomic E-state index is 0. The molecule has 2 rings (SSSR count). The van der Waals surface area contributed by atoms with Gasteiger partial charge in [0.05, 0.1) is 5.56 Å². The lowest BCUT2D eigenvalue weighted by molar-refractivity contribution is -0.132. The zero-order valence-electron chi connectivity index (χ0n) is 14.0. The third kappa shape index (κ3) is 5.44. The summed E-state index contributed by atoms with van der Waals surface area (Å²) >= 11 is 0. The second-order valence-corrected chi connectivity index (χ2v) is 5.97. The molecule has 0 unspecified atom stereocenters. The standard InChI is InChI=1S/C17H21F3N2O2.ClH/c1-21-6-2-3-15(23)22-7-4-11(5-8-22)17(24)16-13(19)9-12(18)10-14(16)20;/h9-11,21H,2-8H2,1H3;1H. The Hall–Kier alpha value is -1.60. The molecule has 1 aliphatic rings. The lowest BCUT2D eigenvalue weighted by atomic mass is 9.88. The van der Waals surface area contributed by atoms with E-state index in [4.69, 9.17) is 0 Å². The first-order valence-electron chi connectivity index (χ1n) is 8.05. The number of carbonyl (C=O) groups excluding carboxylic acids is 2. The molecule has 1 amide bonds. The molecule has 0 atom stereocenters. The SMILES string of the molecule is CNCCCC(=O)N1CCC(C(=O)c2c(F)cc(F)cc2F)CC1.Cl. The van der Waals surface area contributed by atoms with Crippen molar-refractivity contribution in [2.24, 2.45) is 5.92 Å². The number of Topliss-reactive ketones (excluding diaryl/α,β-unsaturated/α-hetero) is 1. The molecular weight excluding hydrogens is 357 g/mol. The smallest absolute Gasteiger partial charge is 0.222 e. The first-order chi connectivity index (χ1) is 11.4. The summed E-state index contributed by atoms with van der Waals surface area (Å²) in [6, 6.07) is 1.02. The van der Waals surface area contributed by atoms with Gasteiger partial charge in [-0.05, 0) is 32.9 Å². The van der Waals surface area contributed by atoms with Gasteiger partial charge in [-0.25, -0.2) is 13.2 Å². The molecule has 0 aliphatic carbocycles. The molecule has 4 nitrogen and oxygen atoms in total. The number of hydrogen-bond acceptors (Lipinski definition) is 3. The van der Waals surface area contributed by atoms with Gasteiger partial charge in [-0.1, -0.05) is 0 Å². The number of rotatable bonds is 6. The van der Waals surface area contributed by atoms with Crippen molar-refractivity contribution in [1.82, 2.24) is 10.2 Å². The number of piperidine rings is 1. The molecule has 1 heterocycles. The number of halogens is 4. The highest BCUT2D eigenvalue weighted by molar-refractivity contribution is 5.98. The van der Waals surface area contributed by atoms with Gasteiger partial charge < -0.3 is 10.2 Å². The second-order valence-electron chi connectivity index (χ2n) is 5.97. The number of hydrogen-bond donors (Lipinski definition) is 1. The van der Waals surface area contributed by atoms with Crippen LogP contribution in [-0.4, -0.2) is 43.3 Å². The predicted molar refractivity (Wildman–Crippen MR) is 90.4 cm³/mol. The summed E-state index contributed by atoms with van der Waals surface area (Å²) in [5.41, 5.74) is -0.685. The number of nitrogens with one attached hydrogen (secondary N) is 1. The number of likely N-dealkylation sites (tertiary alicyclic amines) is 1. The van der Waals surface area contributed by atoms with Crippen LogP contribution in [0.3, 0.4) is 0 Å². The summed E-state index contributed by atoms with van der Waals surface area (Å²) in [4.78, 5) is 26.0. The molecule has 8 heteroatoms. The van der Waals surface area contributed by atoms with E-state index in [1.807, 2.05) is 7.05 Å². The average Bonchev–Trinajstić information content (AvgIpc) is 2.54. The molecule has 140 valence electrons. The Kier molecular flexibility index (Phi) is 8.38. The normalized spacial score (nSPS) is 15.0. The van der Waals surface area contributed by atoms with E-state index in [0.29, 0.717) is 44.5 Å². The van der Waals surface area contributed by atoms with E-state index in [-0.39, 0.29) is 18.3 Å². The molecule has 1 fully saturated rings. The Morgan fingerprint density at radius 1 is 1.16 bits per heavy atom. The summed E-state index contributed by atoms with van der Waals surface area (Å²) in [6.45, 7) is 1.53. The Balaban J connectivity index is 0.00000312. The average molecular weight is 379 g/mol. The number of ketones is 1. The van der Waals surface area contributed by atoms with Crippen LogP contribution in [0.5, 0.6) is 0 Å². The molecule has 1 saturated heterocycles. The Labute approximate surface area is 151 Å². The van der Waals surface area contributed by atoms with Gasteiger partial charge in [0.2, 0.25) is 5.91 Å². The van der Waals surface area contributed by atoms with Crippen LogP contribution in [0.4, 0.5) is 13.2 Å². The fraction of sp³-hybridized carbons (Fsp3) is 0.529. The summed E-state index contributed by atoms with van der Waals surface area (Å²) in [6.07, 6.45) is 1.88. The lowest BCUT2D eigenvalue weighted by Gasteiger charge is -2.31. The molecule has 0 bridgehead atoms. The fourth-order valence-electron chi connectivity index (χ4n) is 2.95. The number of nitrogens with zero attached hydrogens (tertiary/aromatic N) is 1. The van der Waals surface area contributed by atoms with E-state index < -0.39 is 34.7 Å². The summed E-state index contributed by atoms with van der Waals surface area (Å²) in [7, 11) is 1.81. The molecule has 1 aliphatic heterocycles. The Bertz CT molecular complexity index is 597. The van der Waals surface area contributed by atoms with Gasteiger partial charge in [0, 0.05) is 37.6 Å². The van der Waals surface area contributed by atoms with Crippen molar-refractivity contribution in [1.29, 1.82) is 0 Å². The van der Waals surface area contributed by atoms with Crippen molar-refractivity contribution in [3.63, 3.8) is 0 Å². The molecule has 25 heavy (non-hydrogen) atoms. The van der Waals surface area contributed by atoms with Gasteiger partial charge in [-0.15, -0.1) is 12.4 Å². The van der Waals surface area contributed by atoms with Crippen LogP contribution in [0, 0.1) is 23.4 Å². The highest BCUT2D eigenvalue weighted by Crippen LogP contribution is 2.25. The monoisotopic (exact) mass is 378 g/mol. The maximum absolute atomic E-state index is 13.7. The third-order valence-corrected chi connectivity index (χ3v) is 4.29. The van der Waals surface area contributed by atoms with Crippen molar-refractivity contribution in [2.75, 3.05) is 26.7 Å². The van der Waals surface area contributed by atoms with Crippen LogP contribution in [0.25, 0.3) is 0 Å². The van der Waals surface area contributed by atoms with Crippen LogP contribution in [-0.2, 0) is 4.79 Å². The first kappa shape index (κ1) is 21.4. The van der Waals surface area contributed by atoms with Gasteiger partial charge in [-0.2, -0.15) is 0 Å². The zero-order chi connectivity index (χ0) is 17.7. The molecule has 0 radical (unpaired) electrons. The third-order valence-electron chi connectivity index (χ3n) is 4.29. The minimum Gasteiger partial charge on any atom is -0.343 e. The fourth-order valence-corrected chi connectivity index (χ4v) is 2.95. The van der Waals surface area contributed by atoms with Gasteiger partial charge >= 0.3 is 0 Å². The molecule has 0 saturated carbocycles. The van der Waals surface area contributed by atoms with Crippen molar-refractivity contribution < 1.29 is 22.8 Å². The Morgan fingerprint density at radius 2 is 1.72 bits per heavy atom. The van der Waals surface area contributed by atoms with E-state index in [1.54, 1.807) is 4.90 Å². The van der Waals surface area contributed by atoms with Gasteiger partial charge in [0.15, 0.2) is 5.78 Å². The quantitative estimate of drug-likeness (QED) is 0.611. The topological polar surface area (TPSA) is 49.4 Å². The molecule has 0 aromatic heterocycles. The van der Waals surface area contributed by atoms with Crippen LogP contribution < -0.4 is 5.32 Å². The highest BCUT2D eigenvalue weighted by atomic mass is 35.5. The van der Waals surface area contributed by atoms with E-state index >= 15 is 0 Å². The summed E-state index contributed by atoms with van der Waals surface area (Å²) in [5.74, 6) is -4.60. The molecule has 1 N–H and O–H groups in total. The van der Waals surface area contributed by atoms with E-state index in [0.717, 1.165) is 13.0 Å². The predicted octanol–water partition coefficient (Wildman–Crippen LogP) is 2.95. The molecule has 1 aromatic rings. The van der Waals surface area contributed by atoms with Crippen molar-refractivity contribution >= 4 is 24.1 Å². The summed E-state index contributed by atoms with van der Waals surface area (Å²) < 4.78 is 40.4. The largest absolute Gasteiger partial charge is 0.343 e. The van der Waals surface area contributed by atoms with Crippen LogP contribution in [0.1, 0.15) is 36.0 Å². The van der Waals surface area contributed by atoms with E-state index in [2.05, 4.69) is 5.32 Å². The number of carbonyl (C=O) groups is 2. The molecular formula is C17H22ClF3N2O2. The first-order valence-corrected chi connectivity index (χ1v) is 8.05. The lowest BCUT2D eigenvalue weighted by Crippen LogP contribution is -2.40. The maximum atomic E-state index is 13.7. The maximum Gasteiger partial charge on any atom is 0.222 e. The second kappa shape index (κ2) is 9.77. The van der Waals surface area contributed by atoms with E-state index in [9.17, 15) is 22.8 Å². The van der Waals surface area contributed by atoms with Crippen molar-refractivity contribution in [3.05, 3.63) is 35.1 Å². The van der Waals surface area contributed by atoms with E-state index in [1.165, 1.54) is 0 Å². The highest BCUT2D eigenvalue weighted by Gasteiger charge is 2.31. The summed E-state index contributed by atoms with van der Waals surface area (Å²) in [5, 5.41) is 2.97. The minimum atomic E-state index is -1.18. The van der Waals surface area contributed by atoms with Crippen LogP contribution >= 0.6 is 12.4 Å². The number of benzene rings is 1. The van der Waals surface area contributed by atoms with Crippen LogP contribution in [0.2, 0.25) is 0 Å². The Morgan fingerprint density at radius 3 is 2.24 bits per heavy atom. The van der Waals surface area contributed by atoms with Gasteiger partial charge in [0.1, 0.15) is 17.5 Å². The van der Waals surface area contributed by atoms with Crippen LogP contribution in [0.15, 0.2) is 12.1 Å². The zero-order valence-corrected chi connectivity index (χ0v) is 14.8. The van der Waals surface area contributed by atoms with Gasteiger partial charge in [-0.3, -0.25) is 9.59 Å². The number of amides is 1. The van der Waals surface area contributed by atoms with Crippen molar-refractivity contribution in [3.8, 4) is 0 Å².